The van der Waals surface area contributed by atoms with E-state index in [0.717, 1.165) is 28.7 Å². The van der Waals surface area contributed by atoms with Gasteiger partial charge in [0.1, 0.15) is 0 Å². The van der Waals surface area contributed by atoms with Gasteiger partial charge in [-0.15, -0.1) is 0 Å². The number of fused-ring (bicyclic) bond motifs is 1. The number of benzene rings is 1. The van der Waals surface area contributed by atoms with E-state index in [1.54, 1.807) is 12.4 Å². The fourth-order valence-corrected chi connectivity index (χ4v) is 2.86. The van der Waals surface area contributed by atoms with Crippen LogP contribution in [-0.4, -0.2) is 14.8 Å². The van der Waals surface area contributed by atoms with Gasteiger partial charge in [0.05, 0.1) is 28.5 Å². The van der Waals surface area contributed by atoms with Gasteiger partial charge in [-0.25, -0.2) is 5.43 Å². The van der Waals surface area contributed by atoms with Crippen molar-refractivity contribution in [1.82, 2.24) is 20.2 Å². The predicted molar refractivity (Wildman–Crippen MR) is 83.8 cm³/mol. The van der Waals surface area contributed by atoms with Gasteiger partial charge in [-0.1, -0.05) is 29.8 Å². The summed E-state index contributed by atoms with van der Waals surface area (Å²) in [6.07, 6.45) is 3.42. The standard InChI is InChI=1S/C15H16ClN5/c1-2-21-15(12(16)9-19-21)14(20-17)11-5-3-7-13-10(11)6-4-8-18-13/h3-9,14,20H,2,17H2,1H3. The fraction of sp³-hybridized carbons (Fsp3) is 0.200. The first kappa shape index (κ1) is 14.0. The Labute approximate surface area is 127 Å². The molecule has 6 heteroatoms. The van der Waals surface area contributed by atoms with Gasteiger partial charge in [0.15, 0.2) is 0 Å². The molecule has 1 unspecified atom stereocenters. The largest absolute Gasteiger partial charge is 0.271 e. The van der Waals surface area contributed by atoms with Crippen molar-refractivity contribution >= 4 is 22.5 Å². The van der Waals surface area contributed by atoms with Crippen molar-refractivity contribution in [3.8, 4) is 0 Å². The molecule has 1 atom stereocenters. The lowest BCUT2D eigenvalue weighted by Crippen LogP contribution is -2.31. The van der Waals surface area contributed by atoms with Crippen molar-refractivity contribution in [3.05, 3.63) is 59.0 Å². The highest BCUT2D eigenvalue weighted by Crippen LogP contribution is 2.31. The van der Waals surface area contributed by atoms with Crippen LogP contribution in [0, 0.1) is 0 Å². The Bertz CT molecular complexity index is 762. The Hall–Kier alpha value is -1.95. The smallest absolute Gasteiger partial charge is 0.0900 e. The Morgan fingerprint density at radius 2 is 2.19 bits per heavy atom. The molecular weight excluding hydrogens is 286 g/mol. The highest BCUT2D eigenvalue weighted by atomic mass is 35.5. The number of nitrogens with zero attached hydrogens (tertiary/aromatic N) is 3. The van der Waals surface area contributed by atoms with E-state index in [1.807, 2.05) is 41.9 Å². The number of aryl methyl sites for hydroxylation is 1. The lowest BCUT2D eigenvalue weighted by Gasteiger charge is -2.20. The summed E-state index contributed by atoms with van der Waals surface area (Å²) in [5.74, 6) is 5.81. The molecule has 0 fully saturated rings. The molecule has 2 aromatic heterocycles. The molecular formula is C15H16ClN5. The molecule has 5 nitrogen and oxygen atoms in total. The quantitative estimate of drug-likeness (QED) is 0.574. The summed E-state index contributed by atoms with van der Waals surface area (Å²) in [5.41, 5.74) is 5.67. The highest BCUT2D eigenvalue weighted by molar-refractivity contribution is 6.31. The Morgan fingerprint density at radius 3 is 2.95 bits per heavy atom. The molecule has 0 saturated carbocycles. The van der Waals surface area contributed by atoms with Crippen LogP contribution in [0.1, 0.15) is 24.2 Å². The van der Waals surface area contributed by atoms with Crippen molar-refractivity contribution in [1.29, 1.82) is 0 Å². The van der Waals surface area contributed by atoms with Gasteiger partial charge >= 0.3 is 0 Å². The summed E-state index contributed by atoms with van der Waals surface area (Å²) < 4.78 is 1.85. The second-order valence-electron chi connectivity index (χ2n) is 4.71. The van der Waals surface area contributed by atoms with E-state index >= 15 is 0 Å². The number of pyridine rings is 1. The normalized spacial score (nSPS) is 12.7. The van der Waals surface area contributed by atoms with Crippen LogP contribution in [0.25, 0.3) is 10.9 Å². The summed E-state index contributed by atoms with van der Waals surface area (Å²) >= 11 is 6.30. The predicted octanol–water partition coefficient (Wildman–Crippen LogP) is 2.66. The van der Waals surface area contributed by atoms with Crippen molar-refractivity contribution in [3.63, 3.8) is 0 Å². The number of hydrogen-bond acceptors (Lipinski definition) is 4. The van der Waals surface area contributed by atoms with E-state index in [-0.39, 0.29) is 6.04 Å². The number of hydrazine groups is 1. The highest BCUT2D eigenvalue weighted by Gasteiger charge is 2.22. The molecule has 0 aliphatic rings. The number of halogens is 1. The SMILES string of the molecule is CCn1ncc(Cl)c1C(NN)c1cccc2ncccc12. The first-order valence-corrected chi connectivity index (χ1v) is 7.15. The number of rotatable bonds is 4. The summed E-state index contributed by atoms with van der Waals surface area (Å²) in [4.78, 5) is 4.38. The van der Waals surface area contributed by atoms with E-state index in [0.29, 0.717) is 5.02 Å². The maximum absolute atomic E-state index is 6.30. The maximum atomic E-state index is 6.30. The van der Waals surface area contributed by atoms with Crippen LogP contribution in [0.3, 0.4) is 0 Å². The molecule has 0 spiro atoms. The van der Waals surface area contributed by atoms with Gasteiger partial charge in [-0.3, -0.25) is 15.5 Å². The average molecular weight is 302 g/mol. The molecule has 3 N–H and O–H groups in total. The molecule has 0 aliphatic carbocycles. The van der Waals surface area contributed by atoms with Gasteiger partial charge in [0, 0.05) is 18.1 Å². The number of nitrogens with two attached hydrogens (primary N) is 1. The van der Waals surface area contributed by atoms with Crippen molar-refractivity contribution in [2.45, 2.75) is 19.5 Å². The Kier molecular flexibility index (Phi) is 3.88. The van der Waals surface area contributed by atoms with E-state index in [1.165, 1.54) is 0 Å². The van der Waals surface area contributed by atoms with Gasteiger partial charge in [0.25, 0.3) is 0 Å². The Morgan fingerprint density at radius 1 is 1.33 bits per heavy atom. The molecule has 0 radical (unpaired) electrons. The third kappa shape index (κ3) is 2.40. The average Bonchev–Trinajstić information content (AvgIpc) is 2.90. The van der Waals surface area contributed by atoms with Crippen LogP contribution < -0.4 is 11.3 Å². The van der Waals surface area contributed by atoms with Gasteiger partial charge < -0.3 is 0 Å². The first-order valence-electron chi connectivity index (χ1n) is 6.77. The molecule has 0 amide bonds. The Balaban J connectivity index is 2.21. The minimum atomic E-state index is -0.243. The molecule has 108 valence electrons. The minimum absolute atomic E-state index is 0.243. The molecule has 0 aliphatic heterocycles. The molecule has 21 heavy (non-hydrogen) atoms. The lowest BCUT2D eigenvalue weighted by molar-refractivity contribution is 0.545. The first-order chi connectivity index (χ1) is 10.3. The second-order valence-corrected chi connectivity index (χ2v) is 5.12. The maximum Gasteiger partial charge on any atom is 0.0900 e. The third-order valence-corrected chi connectivity index (χ3v) is 3.85. The summed E-state index contributed by atoms with van der Waals surface area (Å²) in [6.45, 7) is 2.74. The van der Waals surface area contributed by atoms with E-state index < -0.39 is 0 Å². The number of nitrogens with one attached hydrogen (secondary N) is 1. The molecule has 1 aromatic carbocycles. The summed E-state index contributed by atoms with van der Waals surface area (Å²) in [5, 5.41) is 5.92. The van der Waals surface area contributed by atoms with E-state index in [4.69, 9.17) is 17.4 Å². The van der Waals surface area contributed by atoms with E-state index in [2.05, 4.69) is 15.5 Å². The van der Waals surface area contributed by atoms with Crippen LogP contribution in [0.2, 0.25) is 5.02 Å². The molecule has 3 aromatic rings. The van der Waals surface area contributed by atoms with Gasteiger partial charge in [-0.2, -0.15) is 5.10 Å². The second kappa shape index (κ2) is 5.81. The number of aromatic nitrogens is 3. The van der Waals surface area contributed by atoms with Crippen molar-refractivity contribution in [2.75, 3.05) is 0 Å². The molecule has 2 heterocycles. The van der Waals surface area contributed by atoms with Crippen LogP contribution in [0.4, 0.5) is 0 Å². The van der Waals surface area contributed by atoms with E-state index in [9.17, 15) is 0 Å². The monoisotopic (exact) mass is 301 g/mol. The third-order valence-electron chi connectivity index (χ3n) is 3.56. The zero-order valence-electron chi connectivity index (χ0n) is 11.6. The summed E-state index contributed by atoms with van der Waals surface area (Å²) in [7, 11) is 0. The molecule has 0 saturated heterocycles. The molecule has 0 bridgehead atoms. The summed E-state index contributed by atoms with van der Waals surface area (Å²) in [6, 6.07) is 9.67. The van der Waals surface area contributed by atoms with Gasteiger partial charge in [0.2, 0.25) is 0 Å². The zero-order valence-corrected chi connectivity index (χ0v) is 12.4. The minimum Gasteiger partial charge on any atom is -0.271 e. The van der Waals surface area contributed by atoms with Crippen LogP contribution in [-0.2, 0) is 6.54 Å². The van der Waals surface area contributed by atoms with Crippen molar-refractivity contribution in [2.24, 2.45) is 5.84 Å². The number of hydrogen-bond donors (Lipinski definition) is 2. The van der Waals surface area contributed by atoms with Crippen LogP contribution in [0.15, 0.2) is 42.7 Å². The zero-order chi connectivity index (χ0) is 14.8. The van der Waals surface area contributed by atoms with Gasteiger partial charge in [-0.05, 0) is 24.6 Å². The van der Waals surface area contributed by atoms with Crippen molar-refractivity contribution < 1.29 is 0 Å². The molecule has 3 rings (SSSR count). The van der Waals surface area contributed by atoms with Crippen LogP contribution >= 0.6 is 11.6 Å². The lowest BCUT2D eigenvalue weighted by atomic mass is 9.99. The fourth-order valence-electron chi connectivity index (χ4n) is 2.61. The van der Waals surface area contributed by atoms with Crippen LogP contribution in [0.5, 0.6) is 0 Å². The topological polar surface area (TPSA) is 68.8 Å².